The number of carbonyl (C=O) groups excluding carboxylic acids is 1. The van der Waals surface area contributed by atoms with Crippen LogP contribution in [0.5, 0.6) is 5.75 Å². The first-order valence-corrected chi connectivity index (χ1v) is 6.55. The van der Waals surface area contributed by atoms with Crippen molar-refractivity contribution in [3.63, 3.8) is 0 Å². The molecule has 21 heavy (non-hydrogen) atoms. The summed E-state index contributed by atoms with van der Waals surface area (Å²) in [5, 5.41) is 0. The molecule has 3 N–H and O–H groups in total. The third-order valence-corrected chi connectivity index (χ3v) is 3.17. The molecule has 0 aromatic heterocycles. The van der Waals surface area contributed by atoms with Gasteiger partial charge in [0.25, 0.3) is 0 Å². The first-order valence-electron chi connectivity index (χ1n) is 6.55. The van der Waals surface area contributed by atoms with Crippen LogP contribution in [0.1, 0.15) is 16.7 Å². The molecular weight excluding hydrogens is 271 g/mol. The van der Waals surface area contributed by atoms with Crippen LogP contribution in [-0.4, -0.2) is 5.91 Å². The van der Waals surface area contributed by atoms with Gasteiger partial charge in [0.1, 0.15) is 18.2 Å². The fourth-order valence-corrected chi connectivity index (χ4v) is 1.92. The SMILES string of the molecule is Cc1ccc(OCc2ccccc2CC(=O)NN)cc1F. The lowest BCUT2D eigenvalue weighted by molar-refractivity contribution is -0.120. The van der Waals surface area contributed by atoms with Crippen LogP contribution in [0.4, 0.5) is 4.39 Å². The zero-order valence-electron chi connectivity index (χ0n) is 11.7. The lowest BCUT2D eigenvalue weighted by atomic mass is 10.1. The number of ether oxygens (including phenoxy) is 1. The van der Waals surface area contributed by atoms with Gasteiger partial charge < -0.3 is 4.74 Å². The van der Waals surface area contributed by atoms with E-state index in [1.165, 1.54) is 6.07 Å². The smallest absolute Gasteiger partial charge is 0.238 e. The summed E-state index contributed by atoms with van der Waals surface area (Å²) in [5.74, 6) is 4.97. The highest BCUT2D eigenvalue weighted by Crippen LogP contribution is 2.18. The number of aryl methyl sites for hydroxylation is 1. The second-order valence-corrected chi connectivity index (χ2v) is 4.71. The first kappa shape index (κ1) is 15.0. The fraction of sp³-hybridized carbons (Fsp3) is 0.188. The number of halogens is 1. The van der Waals surface area contributed by atoms with Gasteiger partial charge in [-0.2, -0.15) is 0 Å². The number of rotatable bonds is 5. The Bertz CT molecular complexity index is 644. The Hall–Kier alpha value is -2.40. The number of carbonyl (C=O) groups is 1. The van der Waals surface area contributed by atoms with Crippen LogP contribution in [0, 0.1) is 12.7 Å². The van der Waals surface area contributed by atoms with Crippen LogP contribution < -0.4 is 16.0 Å². The predicted molar refractivity (Wildman–Crippen MR) is 77.9 cm³/mol. The van der Waals surface area contributed by atoms with Crippen molar-refractivity contribution in [1.82, 2.24) is 5.43 Å². The van der Waals surface area contributed by atoms with E-state index < -0.39 is 0 Å². The molecule has 0 saturated heterocycles. The Balaban J connectivity index is 2.09. The number of hydrogen-bond acceptors (Lipinski definition) is 3. The summed E-state index contributed by atoms with van der Waals surface area (Å²) >= 11 is 0. The van der Waals surface area contributed by atoms with E-state index in [2.05, 4.69) is 5.43 Å². The van der Waals surface area contributed by atoms with Crippen molar-refractivity contribution in [2.24, 2.45) is 5.84 Å². The first-order chi connectivity index (χ1) is 10.1. The van der Waals surface area contributed by atoms with Gasteiger partial charge in [0.2, 0.25) is 5.91 Å². The highest BCUT2D eigenvalue weighted by Gasteiger charge is 2.08. The number of nitrogens with two attached hydrogens (primary N) is 1. The minimum Gasteiger partial charge on any atom is -0.489 e. The molecule has 5 heteroatoms. The van der Waals surface area contributed by atoms with E-state index in [0.29, 0.717) is 11.3 Å². The summed E-state index contributed by atoms with van der Waals surface area (Å²) in [4.78, 5) is 11.4. The zero-order valence-corrected chi connectivity index (χ0v) is 11.7. The van der Waals surface area contributed by atoms with Gasteiger partial charge in [-0.25, -0.2) is 10.2 Å². The molecule has 2 aromatic carbocycles. The summed E-state index contributed by atoms with van der Waals surface area (Å²) in [6, 6.07) is 12.1. The Morgan fingerprint density at radius 1 is 1.24 bits per heavy atom. The fourth-order valence-electron chi connectivity index (χ4n) is 1.92. The summed E-state index contributed by atoms with van der Waals surface area (Å²) < 4.78 is 19.0. The van der Waals surface area contributed by atoms with Crippen molar-refractivity contribution in [2.75, 3.05) is 0 Å². The molecule has 0 fully saturated rings. The average molecular weight is 288 g/mol. The highest BCUT2D eigenvalue weighted by atomic mass is 19.1. The molecule has 0 aliphatic heterocycles. The van der Waals surface area contributed by atoms with Gasteiger partial charge in [-0.15, -0.1) is 0 Å². The highest BCUT2D eigenvalue weighted by molar-refractivity contribution is 5.78. The maximum atomic E-state index is 13.5. The van der Waals surface area contributed by atoms with Crippen molar-refractivity contribution in [2.45, 2.75) is 20.0 Å². The third-order valence-electron chi connectivity index (χ3n) is 3.17. The summed E-state index contributed by atoms with van der Waals surface area (Å²) in [6.45, 7) is 1.95. The number of hydrogen-bond donors (Lipinski definition) is 2. The lowest BCUT2D eigenvalue weighted by Crippen LogP contribution is -2.31. The maximum absolute atomic E-state index is 13.5. The van der Waals surface area contributed by atoms with Crippen molar-refractivity contribution >= 4 is 5.91 Å². The standard InChI is InChI=1S/C16H17FN2O2/c1-11-6-7-14(9-15(11)17)21-10-13-5-3-2-4-12(13)8-16(20)19-18/h2-7,9H,8,10,18H2,1H3,(H,19,20). The summed E-state index contributed by atoms with van der Waals surface area (Å²) in [6.07, 6.45) is 0.179. The molecular formula is C16H17FN2O2. The van der Waals surface area contributed by atoms with Gasteiger partial charge in [-0.1, -0.05) is 30.3 Å². The topological polar surface area (TPSA) is 64.3 Å². The van der Waals surface area contributed by atoms with E-state index >= 15 is 0 Å². The molecule has 4 nitrogen and oxygen atoms in total. The zero-order chi connectivity index (χ0) is 15.2. The van der Waals surface area contributed by atoms with E-state index in [1.54, 1.807) is 19.1 Å². The Morgan fingerprint density at radius 2 is 1.95 bits per heavy atom. The lowest BCUT2D eigenvalue weighted by Gasteiger charge is -2.11. The van der Waals surface area contributed by atoms with E-state index in [9.17, 15) is 9.18 Å². The molecule has 0 heterocycles. The molecule has 0 aliphatic rings. The molecule has 0 bridgehead atoms. The normalized spacial score (nSPS) is 10.2. The second kappa shape index (κ2) is 6.85. The quantitative estimate of drug-likeness (QED) is 0.504. The third kappa shape index (κ3) is 4.03. The molecule has 2 aromatic rings. The van der Waals surface area contributed by atoms with Crippen LogP contribution in [0.15, 0.2) is 42.5 Å². The van der Waals surface area contributed by atoms with Crippen molar-refractivity contribution in [3.8, 4) is 5.75 Å². The van der Waals surface area contributed by atoms with E-state index in [0.717, 1.165) is 11.1 Å². The molecule has 0 radical (unpaired) electrons. The van der Waals surface area contributed by atoms with E-state index in [4.69, 9.17) is 10.6 Å². The van der Waals surface area contributed by atoms with Crippen LogP contribution in [0.2, 0.25) is 0 Å². The molecule has 2 rings (SSSR count). The van der Waals surface area contributed by atoms with Crippen molar-refractivity contribution in [1.29, 1.82) is 0 Å². The molecule has 0 aliphatic carbocycles. The van der Waals surface area contributed by atoms with Gasteiger partial charge in [0, 0.05) is 6.07 Å². The van der Waals surface area contributed by atoms with Crippen LogP contribution in [0.25, 0.3) is 0 Å². The molecule has 110 valence electrons. The van der Waals surface area contributed by atoms with E-state index in [-0.39, 0.29) is 24.8 Å². The van der Waals surface area contributed by atoms with Gasteiger partial charge in [0.05, 0.1) is 6.42 Å². The number of nitrogens with one attached hydrogen (secondary N) is 1. The van der Waals surface area contributed by atoms with Crippen LogP contribution in [0.3, 0.4) is 0 Å². The average Bonchev–Trinajstić information content (AvgIpc) is 2.49. The predicted octanol–water partition coefficient (Wildman–Crippen LogP) is 2.25. The minimum absolute atomic E-state index is 0.179. The van der Waals surface area contributed by atoms with Crippen molar-refractivity contribution < 1.29 is 13.9 Å². The minimum atomic E-state index is -0.303. The number of hydrazine groups is 1. The Kier molecular flexibility index (Phi) is 4.90. The van der Waals surface area contributed by atoms with Gasteiger partial charge in [-0.3, -0.25) is 10.2 Å². The largest absolute Gasteiger partial charge is 0.489 e. The molecule has 1 amide bonds. The van der Waals surface area contributed by atoms with Crippen LogP contribution in [-0.2, 0) is 17.8 Å². The summed E-state index contributed by atoms with van der Waals surface area (Å²) in [5.41, 5.74) is 4.36. The number of benzene rings is 2. The maximum Gasteiger partial charge on any atom is 0.238 e. The van der Waals surface area contributed by atoms with E-state index in [1.807, 2.05) is 24.3 Å². The molecule has 0 spiro atoms. The van der Waals surface area contributed by atoms with Crippen LogP contribution >= 0.6 is 0 Å². The van der Waals surface area contributed by atoms with Gasteiger partial charge >= 0.3 is 0 Å². The molecule has 0 unspecified atom stereocenters. The van der Waals surface area contributed by atoms with Gasteiger partial charge in [0.15, 0.2) is 0 Å². The molecule has 0 saturated carbocycles. The molecule has 0 atom stereocenters. The Morgan fingerprint density at radius 3 is 2.62 bits per heavy atom. The Labute approximate surface area is 122 Å². The second-order valence-electron chi connectivity index (χ2n) is 4.71. The van der Waals surface area contributed by atoms with Gasteiger partial charge in [-0.05, 0) is 29.7 Å². The monoisotopic (exact) mass is 288 g/mol. The summed E-state index contributed by atoms with van der Waals surface area (Å²) in [7, 11) is 0. The number of amides is 1. The van der Waals surface area contributed by atoms with Crippen molar-refractivity contribution in [3.05, 3.63) is 65.0 Å².